The van der Waals surface area contributed by atoms with E-state index in [-0.39, 0.29) is 6.42 Å². The molecule has 0 aliphatic carbocycles. The molecule has 1 unspecified atom stereocenters. The molecular formula is C30H61O5P. The molecule has 0 aliphatic rings. The van der Waals surface area contributed by atoms with Crippen LogP contribution in [-0.4, -0.2) is 26.5 Å². The minimum atomic E-state index is -4.53. The van der Waals surface area contributed by atoms with Gasteiger partial charge in [-0.3, -0.25) is 9.36 Å². The van der Waals surface area contributed by atoms with E-state index < -0.39 is 19.2 Å². The van der Waals surface area contributed by atoms with Crippen LogP contribution in [0, 0.1) is 0 Å². The summed E-state index contributed by atoms with van der Waals surface area (Å²) in [6.45, 7) is 2.28. The van der Waals surface area contributed by atoms with Gasteiger partial charge >= 0.3 is 13.6 Å². The molecule has 0 aromatic carbocycles. The minimum absolute atomic E-state index is 0.0684. The van der Waals surface area contributed by atoms with E-state index in [1.54, 1.807) is 0 Å². The molecule has 36 heavy (non-hydrogen) atoms. The highest BCUT2D eigenvalue weighted by atomic mass is 31.2. The summed E-state index contributed by atoms with van der Waals surface area (Å²) in [5, 5.41) is 8.91. The van der Waals surface area contributed by atoms with E-state index in [4.69, 9.17) is 14.9 Å². The quantitative estimate of drug-likeness (QED) is 0.0658. The number of carboxylic acid groups (broad SMARTS) is 1. The molecule has 0 saturated carbocycles. The monoisotopic (exact) mass is 532 g/mol. The topological polar surface area (TPSA) is 94.8 Å². The summed E-state index contributed by atoms with van der Waals surface area (Å²) >= 11 is 0. The number of aliphatic carboxylic acids is 1. The van der Waals surface area contributed by atoms with Crippen LogP contribution in [0.5, 0.6) is 0 Å². The van der Waals surface area contributed by atoms with Crippen molar-refractivity contribution in [3.05, 3.63) is 0 Å². The molecule has 5 nitrogen and oxygen atoms in total. The Morgan fingerprint density at radius 2 is 0.722 bits per heavy atom. The summed E-state index contributed by atoms with van der Waals surface area (Å²) in [6, 6.07) is 0. The zero-order valence-corrected chi connectivity index (χ0v) is 24.7. The third-order valence-electron chi connectivity index (χ3n) is 7.52. The first-order valence-electron chi connectivity index (χ1n) is 15.7. The van der Waals surface area contributed by atoms with Crippen molar-refractivity contribution >= 4 is 13.6 Å². The van der Waals surface area contributed by atoms with Gasteiger partial charge in [-0.1, -0.05) is 174 Å². The zero-order valence-electron chi connectivity index (χ0n) is 23.8. The van der Waals surface area contributed by atoms with Crippen molar-refractivity contribution in [1.82, 2.24) is 0 Å². The largest absolute Gasteiger partial charge is 0.481 e. The Bertz CT molecular complexity index is 519. The van der Waals surface area contributed by atoms with Crippen molar-refractivity contribution < 1.29 is 24.3 Å². The second-order valence-corrected chi connectivity index (χ2v) is 12.9. The smallest absolute Gasteiger partial charge is 0.339 e. The van der Waals surface area contributed by atoms with Gasteiger partial charge in [0.15, 0.2) is 5.66 Å². The van der Waals surface area contributed by atoms with E-state index in [2.05, 4.69) is 6.92 Å². The zero-order chi connectivity index (χ0) is 26.7. The second kappa shape index (κ2) is 26.2. The number of carbonyl (C=O) groups is 1. The Morgan fingerprint density at radius 1 is 0.500 bits per heavy atom. The molecule has 0 amide bonds. The molecule has 0 radical (unpaired) electrons. The first-order chi connectivity index (χ1) is 17.4. The Hall–Kier alpha value is -0.380. The van der Waals surface area contributed by atoms with Crippen LogP contribution in [0.15, 0.2) is 0 Å². The predicted molar refractivity (Wildman–Crippen MR) is 154 cm³/mol. The highest BCUT2D eigenvalue weighted by Gasteiger charge is 2.34. The fraction of sp³-hybridized carbons (Fsp3) is 0.967. The molecule has 6 heteroatoms. The van der Waals surface area contributed by atoms with Gasteiger partial charge in [-0.2, -0.15) is 0 Å². The number of carboxylic acids is 1. The average molecular weight is 533 g/mol. The maximum Gasteiger partial charge on any atom is 0.339 e. The maximum absolute atomic E-state index is 11.2. The fourth-order valence-electron chi connectivity index (χ4n) is 5.09. The van der Waals surface area contributed by atoms with Crippen LogP contribution in [0.3, 0.4) is 0 Å². The molecule has 0 aromatic heterocycles. The van der Waals surface area contributed by atoms with Gasteiger partial charge in [0, 0.05) is 0 Å². The molecular weight excluding hydrogens is 471 g/mol. The molecule has 0 aromatic rings. The first kappa shape index (κ1) is 35.6. The standard InChI is InChI=1S/C30H61O5P/c1-2-3-4-5-6-7-8-9-10-11-12-13-14-15-16-17-18-19-20-21-22-23-24-25-26-27-28-29(30(31)32)36(33,34)35/h29H,2-28H2,1H3,(H,31,32)(H2,33,34,35). The van der Waals surface area contributed by atoms with Crippen LogP contribution in [0.1, 0.15) is 180 Å². The first-order valence-corrected chi connectivity index (χ1v) is 17.4. The van der Waals surface area contributed by atoms with Gasteiger partial charge in [0.2, 0.25) is 0 Å². The molecule has 0 bridgehead atoms. The van der Waals surface area contributed by atoms with Crippen LogP contribution in [0.25, 0.3) is 0 Å². The van der Waals surface area contributed by atoms with Crippen LogP contribution >= 0.6 is 7.60 Å². The Labute approximate surface area is 223 Å². The molecule has 0 rings (SSSR count). The third-order valence-corrected chi connectivity index (χ3v) is 8.81. The highest BCUT2D eigenvalue weighted by molar-refractivity contribution is 7.53. The van der Waals surface area contributed by atoms with Crippen molar-refractivity contribution in [3.8, 4) is 0 Å². The fourth-order valence-corrected chi connectivity index (χ4v) is 5.90. The van der Waals surface area contributed by atoms with Crippen LogP contribution < -0.4 is 0 Å². The van der Waals surface area contributed by atoms with Gasteiger partial charge in [-0.15, -0.1) is 0 Å². The highest BCUT2D eigenvalue weighted by Crippen LogP contribution is 2.43. The van der Waals surface area contributed by atoms with E-state index >= 15 is 0 Å². The van der Waals surface area contributed by atoms with Gasteiger partial charge in [-0.05, 0) is 6.42 Å². The summed E-state index contributed by atoms with van der Waals surface area (Å²) in [5.41, 5.74) is -1.54. The number of unbranched alkanes of at least 4 members (excludes halogenated alkanes) is 25. The van der Waals surface area contributed by atoms with E-state index in [9.17, 15) is 9.36 Å². The lowest BCUT2D eigenvalue weighted by Gasteiger charge is -2.13. The summed E-state index contributed by atoms with van der Waals surface area (Å²) in [7, 11) is -4.53. The average Bonchev–Trinajstić information content (AvgIpc) is 2.82. The molecule has 0 aliphatic heterocycles. The molecule has 0 saturated heterocycles. The van der Waals surface area contributed by atoms with Crippen molar-refractivity contribution in [2.45, 2.75) is 186 Å². The molecule has 0 fully saturated rings. The van der Waals surface area contributed by atoms with E-state index in [1.165, 1.54) is 141 Å². The Morgan fingerprint density at radius 3 is 0.917 bits per heavy atom. The summed E-state index contributed by atoms with van der Waals surface area (Å²) in [4.78, 5) is 29.1. The van der Waals surface area contributed by atoms with Crippen LogP contribution in [0.2, 0.25) is 0 Å². The second-order valence-electron chi connectivity index (χ2n) is 11.1. The molecule has 0 heterocycles. The number of hydrogen-bond donors (Lipinski definition) is 3. The minimum Gasteiger partial charge on any atom is -0.481 e. The Balaban J connectivity index is 3.19. The van der Waals surface area contributed by atoms with Crippen molar-refractivity contribution in [2.75, 3.05) is 0 Å². The van der Waals surface area contributed by atoms with Crippen molar-refractivity contribution in [1.29, 1.82) is 0 Å². The summed E-state index contributed by atoms with van der Waals surface area (Å²) in [6.07, 6.45) is 34.3. The Kier molecular flexibility index (Phi) is 26.0. The van der Waals surface area contributed by atoms with Crippen molar-refractivity contribution in [2.24, 2.45) is 0 Å². The van der Waals surface area contributed by atoms with Crippen molar-refractivity contribution in [3.63, 3.8) is 0 Å². The van der Waals surface area contributed by atoms with E-state index in [0.717, 1.165) is 19.3 Å². The maximum atomic E-state index is 11.2. The molecule has 216 valence electrons. The predicted octanol–water partition coefficient (Wildman–Crippen LogP) is 10.2. The number of rotatable bonds is 29. The number of hydrogen-bond acceptors (Lipinski definition) is 2. The molecule has 1 atom stereocenters. The van der Waals surface area contributed by atoms with Gasteiger partial charge in [-0.25, -0.2) is 0 Å². The molecule has 0 spiro atoms. The van der Waals surface area contributed by atoms with E-state index in [1.807, 2.05) is 0 Å². The van der Waals surface area contributed by atoms with Gasteiger partial charge in [0.25, 0.3) is 0 Å². The van der Waals surface area contributed by atoms with Gasteiger partial charge in [0.1, 0.15) is 0 Å². The van der Waals surface area contributed by atoms with Crippen LogP contribution in [-0.2, 0) is 9.36 Å². The van der Waals surface area contributed by atoms with E-state index in [0.29, 0.717) is 6.42 Å². The van der Waals surface area contributed by atoms with Gasteiger partial charge < -0.3 is 14.9 Å². The third kappa shape index (κ3) is 25.3. The lowest BCUT2D eigenvalue weighted by atomic mass is 10.0. The summed E-state index contributed by atoms with van der Waals surface area (Å²) < 4.78 is 11.2. The summed E-state index contributed by atoms with van der Waals surface area (Å²) in [5.74, 6) is -1.39. The van der Waals surface area contributed by atoms with Crippen LogP contribution in [0.4, 0.5) is 0 Å². The normalized spacial score (nSPS) is 12.8. The molecule has 3 N–H and O–H groups in total. The lowest BCUT2D eigenvalue weighted by molar-refractivity contribution is -0.137. The lowest BCUT2D eigenvalue weighted by Crippen LogP contribution is -2.20. The SMILES string of the molecule is CCCCCCCCCCCCCCCCCCCCCCCCCCCCC(C(=O)O)P(=O)(O)O. The van der Waals surface area contributed by atoms with Gasteiger partial charge in [0.05, 0.1) is 0 Å².